The molecule has 87 valence electrons. The summed E-state index contributed by atoms with van der Waals surface area (Å²) in [6.45, 7) is 0. The van der Waals surface area contributed by atoms with Crippen LogP contribution >= 0.6 is 0 Å². The zero-order chi connectivity index (χ0) is 11.8. The molecule has 0 aliphatic carbocycles. The van der Waals surface area contributed by atoms with Gasteiger partial charge in [0.05, 0.1) is 0 Å². The van der Waals surface area contributed by atoms with Gasteiger partial charge in [0.25, 0.3) is 0 Å². The first-order chi connectivity index (χ1) is 8.45. The van der Waals surface area contributed by atoms with Gasteiger partial charge in [-0.25, -0.2) is 0 Å². The van der Waals surface area contributed by atoms with Crippen molar-refractivity contribution >= 4 is 0 Å². The molecular weight excluding hydrogens is 208 g/mol. The van der Waals surface area contributed by atoms with Crippen LogP contribution in [-0.4, -0.2) is 9.97 Å². The molecule has 2 rings (SSSR count). The van der Waals surface area contributed by atoms with Crippen molar-refractivity contribution in [2.24, 2.45) is 0 Å². The van der Waals surface area contributed by atoms with Crippen LogP contribution in [0.5, 0.6) is 0 Å². The van der Waals surface area contributed by atoms with Crippen LogP contribution in [0.3, 0.4) is 0 Å². The third-order valence-electron chi connectivity index (χ3n) is 2.69. The number of pyridine rings is 2. The zero-order valence-electron chi connectivity index (χ0n) is 9.92. The fourth-order valence-corrected chi connectivity index (χ4v) is 1.76. The van der Waals surface area contributed by atoms with E-state index in [1.165, 1.54) is 11.3 Å². The van der Waals surface area contributed by atoms with Crippen molar-refractivity contribution in [1.29, 1.82) is 0 Å². The molecule has 0 amide bonds. The Balaban J connectivity index is 1.61. The van der Waals surface area contributed by atoms with Crippen LogP contribution < -0.4 is 0 Å². The Kier molecular flexibility index (Phi) is 4.70. The van der Waals surface area contributed by atoms with Crippen molar-refractivity contribution in [2.45, 2.75) is 25.7 Å². The number of hydrogen-bond acceptors (Lipinski definition) is 2. The van der Waals surface area contributed by atoms with E-state index in [2.05, 4.69) is 28.5 Å². The lowest BCUT2D eigenvalue weighted by molar-refractivity contribution is 0.811. The summed E-state index contributed by atoms with van der Waals surface area (Å²) in [7, 11) is 0. The number of aryl methyl sites for hydroxylation is 2. The topological polar surface area (TPSA) is 25.8 Å². The Hall–Kier alpha value is -1.70. The molecule has 0 aliphatic rings. The predicted octanol–water partition coefficient (Wildman–Crippen LogP) is 3.25. The second kappa shape index (κ2) is 6.79. The highest BCUT2D eigenvalue weighted by Gasteiger charge is 1.95. The van der Waals surface area contributed by atoms with E-state index in [9.17, 15) is 0 Å². The second-order valence-electron chi connectivity index (χ2n) is 4.05. The largest absolute Gasteiger partial charge is 0.264 e. The SMILES string of the molecule is [CH](CCc1cccnc1)CCc1ccccn1. The highest BCUT2D eigenvalue weighted by Crippen LogP contribution is 2.06. The molecule has 2 heteroatoms. The van der Waals surface area contributed by atoms with E-state index in [1.807, 2.05) is 36.8 Å². The lowest BCUT2D eigenvalue weighted by atomic mass is 10.1. The highest BCUT2D eigenvalue weighted by atomic mass is 14.7. The van der Waals surface area contributed by atoms with Crippen molar-refractivity contribution in [1.82, 2.24) is 9.97 Å². The van der Waals surface area contributed by atoms with Crippen molar-refractivity contribution in [2.75, 3.05) is 0 Å². The van der Waals surface area contributed by atoms with Crippen LogP contribution in [0.1, 0.15) is 24.1 Å². The third-order valence-corrected chi connectivity index (χ3v) is 2.69. The van der Waals surface area contributed by atoms with Gasteiger partial charge in [-0.3, -0.25) is 9.97 Å². The molecule has 2 aromatic rings. The molecule has 2 aromatic heterocycles. The van der Waals surface area contributed by atoms with Gasteiger partial charge in [-0.15, -0.1) is 0 Å². The summed E-state index contributed by atoms with van der Waals surface area (Å²) < 4.78 is 0. The van der Waals surface area contributed by atoms with Crippen molar-refractivity contribution < 1.29 is 0 Å². The lowest BCUT2D eigenvalue weighted by Crippen LogP contribution is -1.91. The van der Waals surface area contributed by atoms with E-state index in [0.717, 1.165) is 25.7 Å². The van der Waals surface area contributed by atoms with Gasteiger partial charge in [-0.05, 0) is 55.9 Å². The minimum absolute atomic E-state index is 1.04. The molecule has 0 saturated heterocycles. The maximum atomic E-state index is 4.30. The first kappa shape index (κ1) is 11.8. The molecule has 0 saturated carbocycles. The van der Waals surface area contributed by atoms with Gasteiger partial charge in [-0.1, -0.05) is 12.1 Å². The molecule has 0 bridgehead atoms. The molecule has 1 radical (unpaired) electrons. The molecule has 0 atom stereocenters. The Bertz CT molecular complexity index is 370. The van der Waals surface area contributed by atoms with E-state index in [1.54, 1.807) is 0 Å². The summed E-state index contributed by atoms with van der Waals surface area (Å²) in [5, 5.41) is 0. The summed E-state index contributed by atoms with van der Waals surface area (Å²) in [5.74, 6) is 0. The Morgan fingerprint density at radius 2 is 1.88 bits per heavy atom. The average molecular weight is 225 g/mol. The first-order valence-corrected chi connectivity index (χ1v) is 6.05. The zero-order valence-corrected chi connectivity index (χ0v) is 9.92. The van der Waals surface area contributed by atoms with Crippen molar-refractivity contribution in [3.8, 4) is 0 Å². The summed E-state index contributed by atoms with van der Waals surface area (Å²) in [4.78, 5) is 8.41. The van der Waals surface area contributed by atoms with Crippen LogP contribution in [0.4, 0.5) is 0 Å². The van der Waals surface area contributed by atoms with Gasteiger partial charge >= 0.3 is 0 Å². The van der Waals surface area contributed by atoms with E-state index in [0.29, 0.717) is 0 Å². The summed E-state index contributed by atoms with van der Waals surface area (Å²) in [5.41, 5.74) is 2.48. The van der Waals surface area contributed by atoms with Gasteiger partial charge in [0.2, 0.25) is 0 Å². The molecular formula is C15H17N2. The molecule has 0 N–H and O–H groups in total. The molecule has 17 heavy (non-hydrogen) atoms. The van der Waals surface area contributed by atoms with Gasteiger partial charge in [0.15, 0.2) is 0 Å². The quantitative estimate of drug-likeness (QED) is 0.705. The minimum Gasteiger partial charge on any atom is -0.264 e. The van der Waals surface area contributed by atoms with E-state index >= 15 is 0 Å². The highest BCUT2D eigenvalue weighted by molar-refractivity contribution is 5.09. The summed E-state index contributed by atoms with van der Waals surface area (Å²) in [6.07, 6.45) is 12.3. The van der Waals surface area contributed by atoms with Crippen LogP contribution in [-0.2, 0) is 12.8 Å². The van der Waals surface area contributed by atoms with Gasteiger partial charge in [0, 0.05) is 24.3 Å². The number of aromatic nitrogens is 2. The van der Waals surface area contributed by atoms with Crippen LogP contribution in [0.25, 0.3) is 0 Å². The van der Waals surface area contributed by atoms with Gasteiger partial charge < -0.3 is 0 Å². The van der Waals surface area contributed by atoms with Crippen molar-refractivity contribution in [3.05, 3.63) is 66.6 Å². The maximum Gasteiger partial charge on any atom is 0.0403 e. The molecule has 0 fully saturated rings. The fraction of sp³-hybridized carbons (Fsp3) is 0.267. The van der Waals surface area contributed by atoms with Gasteiger partial charge in [-0.2, -0.15) is 0 Å². The lowest BCUT2D eigenvalue weighted by Gasteiger charge is -2.01. The standard InChI is InChI=1S/C15H17N2/c1(2-7-14-8-6-11-16-13-14)3-9-15-10-4-5-12-17-15/h1,4-6,8,10-13H,2-3,7,9H2. The monoisotopic (exact) mass is 225 g/mol. The molecule has 0 aliphatic heterocycles. The first-order valence-electron chi connectivity index (χ1n) is 6.05. The summed E-state index contributed by atoms with van der Waals surface area (Å²) >= 11 is 0. The summed E-state index contributed by atoms with van der Waals surface area (Å²) in [6, 6.07) is 10.2. The number of hydrogen-bond donors (Lipinski definition) is 0. The molecule has 0 spiro atoms. The predicted molar refractivity (Wildman–Crippen MR) is 69.4 cm³/mol. The molecule has 2 heterocycles. The van der Waals surface area contributed by atoms with Gasteiger partial charge in [0.1, 0.15) is 0 Å². The molecule has 2 nitrogen and oxygen atoms in total. The van der Waals surface area contributed by atoms with Crippen LogP contribution in [0.2, 0.25) is 0 Å². The smallest absolute Gasteiger partial charge is 0.0403 e. The van der Waals surface area contributed by atoms with Crippen molar-refractivity contribution in [3.63, 3.8) is 0 Å². The number of nitrogens with zero attached hydrogens (tertiary/aromatic N) is 2. The van der Waals surface area contributed by atoms with E-state index in [4.69, 9.17) is 0 Å². The van der Waals surface area contributed by atoms with Crippen LogP contribution in [0.15, 0.2) is 48.9 Å². The normalized spacial score (nSPS) is 10.4. The average Bonchev–Trinajstić information content (AvgIpc) is 2.41. The molecule has 0 aromatic carbocycles. The van der Waals surface area contributed by atoms with E-state index < -0.39 is 0 Å². The Morgan fingerprint density at radius 1 is 0.941 bits per heavy atom. The Labute approximate surface area is 103 Å². The number of unbranched alkanes of at least 4 members (excludes halogenated alkanes) is 2. The molecule has 0 unspecified atom stereocenters. The Morgan fingerprint density at radius 3 is 2.65 bits per heavy atom. The fourth-order valence-electron chi connectivity index (χ4n) is 1.76. The minimum atomic E-state index is 1.04. The maximum absolute atomic E-state index is 4.30. The second-order valence-corrected chi connectivity index (χ2v) is 4.05. The van der Waals surface area contributed by atoms with Crippen LogP contribution in [0, 0.1) is 6.42 Å². The third kappa shape index (κ3) is 4.35. The number of rotatable bonds is 6. The van der Waals surface area contributed by atoms with E-state index in [-0.39, 0.29) is 0 Å².